The lowest BCUT2D eigenvalue weighted by molar-refractivity contribution is 0.219. The minimum Gasteiger partial charge on any atom is -0.309 e. The van der Waals surface area contributed by atoms with Crippen molar-refractivity contribution in [3.05, 3.63) is 35.9 Å². The highest BCUT2D eigenvalue weighted by Gasteiger charge is 2.22. The number of unbranched alkanes of at least 4 members (excludes halogenated alkanes) is 3. The molecule has 1 rings (SSSR count). The van der Waals surface area contributed by atoms with E-state index in [4.69, 9.17) is 9.05 Å². The van der Waals surface area contributed by atoms with Crippen LogP contribution in [-0.4, -0.2) is 19.4 Å². The van der Waals surface area contributed by atoms with Gasteiger partial charge in [-0.05, 0) is 38.7 Å². The Morgan fingerprint density at radius 3 is 2.10 bits per heavy atom. The van der Waals surface area contributed by atoms with Crippen LogP contribution >= 0.6 is 7.60 Å². The lowest BCUT2D eigenvalue weighted by Gasteiger charge is -2.16. The van der Waals surface area contributed by atoms with E-state index < -0.39 is 7.60 Å². The summed E-state index contributed by atoms with van der Waals surface area (Å²) in [7, 11) is -2.83. The van der Waals surface area contributed by atoms with E-state index >= 15 is 0 Å². The average Bonchev–Trinajstić information content (AvgIpc) is 2.44. The molecule has 0 saturated heterocycles. The molecular weight excluding hydrogens is 271 g/mol. The standard InChI is InChI=1S/C16H27O3P/c1-3-18-20(17,19-4-2)15-11-6-5-8-12-16-13-9-7-10-14-16/h7,9-10,13-14H,3-6,8,11-12,15H2,1-2H3. The molecule has 0 aliphatic heterocycles. The summed E-state index contributed by atoms with van der Waals surface area (Å²) in [5.74, 6) is 0. The third-order valence-electron chi connectivity index (χ3n) is 3.14. The van der Waals surface area contributed by atoms with Gasteiger partial charge in [0.25, 0.3) is 0 Å². The Bertz CT molecular complexity index is 382. The molecule has 0 unspecified atom stereocenters. The quantitative estimate of drug-likeness (QED) is 0.423. The summed E-state index contributed by atoms with van der Waals surface area (Å²) >= 11 is 0. The molecule has 0 aliphatic rings. The second kappa shape index (κ2) is 10.1. The highest BCUT2D eigenvalue weighted by atomic mass is 31.2. The summed E-state index contributed by atoms with van der Waals surface area (Å²) in [5, 5.41) is 0. The summed E-state index contributed by atoms with van der Waals surface area (Å²) in [4.78, 5) is 0. The van der Waals surface area contributed by atoms with Crippen LogP contribution in [0.25, 0.3) is 0 Å². The highest BCUT2D eigenvalue weighted by molar-refractivity contribution is 7.53. The van der Waals surface area contributed by atoms with Gasteiger partial charge in [-0.2, -0.15) is 0 Å². The molecule has 0 fully saturated rings. The van der Waals surface area contributed by atoms with Gasteiger partial charge in [0.2, 0.25) is 0 Å². The van der Waals surface area contributed by atoms with Crippen molar-refractivity contribution in [2.24, 2.45) is 0 Å². The molecule has 3 nitrogen and oxygen atoms in total. The van der Waals surface area contributed by atoms with E-state index in [9.17, 15) is 4.57 Å². The summed E-state index contributed by atoms with van der Waals surface area (Å²) in [6.07, 6.45) is 5.99. The van der Waals surface area contributed by atoms with Gasteiger partial charge in [-0.3, -0.25) is 4.57 Å². The van der Waals surface area contributed by atoms with Crippen LogP contribution in [0.15, 0.2) is 30.3 Å². The maximum absolute atomic E-state index is 12.2. The highest BCUT2D eigenvalue weighted by Crippen LogP contribution is 2.48. The van der Waals surface area contributed by atoms with E-state index in [2.05, 4.69) is 24.3 Å². The maximum Gasteiger partial charge on any atom is 0.330 e. The normalized spacial score (nSPS) is 11.7. The molecule has 114 valence electrons. The lowest BCUT2D eigenvalue weighted by atomic mass is 10.1. The predicted octanol–water partition coefficient (Wildman–Crippen LogP) is 5.06. The molecule has 0 spiro atoms. The Balaban J connectivity index is 2.13. The molecule has 0 aliphatic carbocycles. The van der Waals surface area contributed by atoms with Gasteiger partial charge in [0, 0.05) is 0 Å². The minimum atomic E-state index is -2.83. The third kappa shape index (κ3) is 7.23. The Morgan fingerprint density at radius 2 is 1.50 bits per heavy atom. The van der Waals surface area contributed by atoms with Crippen molar-refractivity contribution in [3.8, 4) is 0 Å². The molecule has 0 bridgehead atoms. The first-order valence-electron chi connectivity index (χ1n) is 7.62. The number of benzene rings is 1. The summed E-state index contributed by atoms with van der Waals surface area (Å²) in [6, 6.07) is 10.5. The zero-order chi connectivity index (χ0) is 14.7. The fourth-order valence-corrected chi connectivity index (χ4v) is 3.92. The smallest absolute Gasteiger partial charge is 0.309 e. The molecule has 0 aromatic heterocycles. The van der Waals surface area contributed by atoms with Crippen LogP contribution in [0.4, 0.5) is 0 Å². The van der Waals surface area contributed by atoms with Crippen LogP contribution in [0.1, 0.15) is 45.1 Å². The number of hydrogen-bond acceptors (Lipinski definition) is 3. The molecule has 0 amide bonds. The number of hydrogen-bond donors (Lipinski definition) is 0. The summed E-state index contributed by atoms with van der Waals surface area (Å²) < 4.78 is 22.8. The van der Waals surface area contributed by atoms with Gasteiger partial charge in [-0.1, -0.05) is 43.2 Å². The second-order valence-corrected chi connectivity index (χ2v) is 7.01. The van der Waals surface area contributed by atoms with Crippen LogP contribution in [0.3, 0.4) is 0 Å². The topological polar surface area (TPSA) is 35.5 Å². The number of rotatable bonds is 11. The van der Waals surface area contributed by atoms with E-state index in [1.165, 1.54) is 12.0 Å². The van der Waals surface area contributed by atoms with Crippen molar-refractivity contribution in [2.75, 3.05) is 19.4 Å². The van der Waals surface area contributed by atoms with Crippen molar-refractivity contribution < 1.29 is 13.6 Å². The fraction of sp³-hybridized carbons (Fsp3) is 0.625. The Kier molecular flexibility index (Phi) is 8.84. The van der Waals surface area contributed by atoms with Gasteiger partial charge in [-0.25, -0.2) is 0 Å². The molecular formula is C16H27O3P. The van der Waals surface area contributed by atoms with Gasteiger partial charge in [0.15, 0.2) is 0 Å². The van der Waals surface area contributed by atoms with Gasteiger partial charge < -0.3 is 9.05 Å². The van der Waals surface area contributed by atoms with Crippen LogP contribution < -0.4 is 0 Å². The van der Waals surface area contributed by atoms with Crippen LogP contribution in [0, 0.1) is 0 Å². The first-order chi connectivity index (χ1) is 9.70. The average molecular weight is 298 g/mol. The van der Waals surface area contributed by atoms with E-state index in [-0.39, 0.29) is 0 Å². The summed E-state index contributed by atoms with van der Waals surface area (Å²) in [5.41, 5.74) is 1.39. The van der Waals surface area contributed by atoms with E-state index in [0.717, 1.165) is 25.7 Å². The van der Waals surface area contributed by atoms with Gasteiger partial charge >= 0.3 is 7.60 Å². The van der Waals surface area contributed by atoms with Crippen molar-refractivity contribution in [1.29, 1.82) is 0 Å². The molecule has 0 radical (unpaired) electrons. The van der Waals surface area contributed by atoms with Crippen LogP contribution in [-0.2, 0) is 20.0 Å². The van der Waals surface area contributed by atoms with Crippen LogP contribution in [0.2, 0.25) is 0 Å². The van der Waals surface area contributed by atoms with Gasteiger partial charge in [0.1, 0.15) is 0 Å². The second-order valence-electron chi connectivity index (χ2n) is 4.82. The molecule has 0 atom stereocenters. The third-order valence-corrected chi connectivity index (χ3v) is 5.31. The Hall–Kier alpha value is -0.630. The first kappa shape index (κ1) is 17.4. The molecule has 4 heteroatoms. The van der Waals surface area contributed by atoms with Crippen molar-refractivity contribution in [2.45, 2.75) is 46.0 Å². The lowest BCUT2D eigenvalue weighted by Crippen LogP contribution is -2.00. The van der Waals surface area contributed by atoms with Crippen molar-refractivity contribution >= 4 is 7.60 Å². The molecule has 1 aromatic carbocycles. The van der Waals surface area contributed by atoms with Gasteiger partial charge in [0.05, 0.1) is 19.4 Å². The molecule has 0 N–H and O–H groups in total. The minimum absolute atomic E-state index is 0.450. The monoisotopic (exact) mass is 298 g/mol. The van der Waals surface area contributed by atoms with Gasteiger partial charge in [-0.15, -0.1) is 0 Å². The largest absolute Gasteiger partial charge is 0.330 e. The zero-order valence-corrected chi connectivity index (χ0v) is 13.6. The first-order valence-corrected chi connectivity index (χ1v) is 9.35. The Labute approximate surface area is 123 Å². The molecule has 1 aromatic rings. The molecule has 20 heavy (non-hydrogen) atoms. The van der Waals surface area contributed by atoms with Crippen molar-refractivity contribution in [1.82, 2.24) is 0 Å². The molecule has 0 heterocycles. The van der Waals surface area contributed by atoms with Crippen molar-refractivity contribution in [3.63, 3.8) is 0 Å². The van der Waals surface area contributed by atoms with Crippen LogP contribution in [0.5, 0.6) is 0 Å². The SMILES string of the molecule is CCOP(=O)(CCCCCCc1ccccc1)OCC. The predicted molar refractivity (Wildman–Crippen MR) is 84.3 cm³/mol. The van der Waals surface area contributed by atoms with E-state index in [1.54, 1.807) is 0 Å². The Morgan fingerprint density at radius 1 is 0.900 bits per heavy atom. The number of aryl methyl sites for hydroxylation is 1. The zero-order valence-electron chi connectivity index (χ0n) is 12.7. The molecule has 0 saturated carbocycles. The fourth-order valence-electron chi connectivity index (χ4n) is 2.19. The van der Waals surface area contributed by atoms with E-state index in [0.29, 0.717) is 19.4 Å². The summed E-state index contributed by atoms with van der Waals surface area (Å²) in [6.45, 7) is 4.60. The van der Waals surface area contributed by atoms with E-state index in [1.807, 2.05) is 19.9 Å². The maximum atomic E-state index is 12.2.